The minimum absolute atomic E-state index is 0.159. The van der Waals surface area contributed by atoms with Crippen molar-refractivity contribution in [1.29, 1.82) is 0 Å². The van der Waals surface area contributed by atoms with Crippen molar-refractivity contribution in [2.24, 2.45) is 5.92 Å². The van der Waals surface area contributed by atoms with Crippen molar-refractivity contribution in [2.75, 3.05) is 26.4 Å². The van der Waals surface area contributed by atoms with Crippen LogP contribution in [0.5, 0.6) is 0 Å². The van der Waals surface area contributed by atoms with Crippen LogP contribution >= 0.6 is 11.8 Å². The lowest BCUT2D eigenvalue weighted by molar-refractivity contribution is -0.0986. The summed E-state index contributed by atoms with van der Waals surface area (Å²) in [6.45, 7) is 8.39. The maximum Gasteiger partial charge on any atom is 0.254 e. The van der Waals surface area contributed by atoms with Crippen LogP contribution in [0, 0.1) is 19.8 Å². The van der Waals surface area contributed by atoms with Crippen molar-refractivity contribution < 1.29 is 9.53 Å². The van der Waals surface area contributed by atoms with Gasteiger partial charge in [0, 0.05) is 59.1 Å². The molecule has 0 aromatic carbocycles. The Morgan fingerprint density at radius 1 is 1.24 bits per heavy atom. The number of carbonyl (C=O) groups is 1. The Kier molecular flexibility index (Phi) is 7.98. The average Bonchev–Trinajstić information content (AvgIpc) is 3.18. The fourth-order valence-electron chi connectivity index (χ4n) is 6.25. The van der Waals surface area contributed by atoms with E-state index in [4.69, 9.17) is 9.72 Å². The quantitative estimate of drug-likeness (QED) is 0.413. The molecular formula is C29H39N5O3S. The first-order chi connectivity index (χ1) is 18.3. The van der Waals surface area contributed by atoms with Gasteiger partial charge in [-0.2, -0.15) is 0 Å². The van der Waals surface area contributed by atoms with Crippen LogP contribution in [0.15, 0.2) is 34.1 Å². The van der Waals surface area contributed by atoms with Crippen LogP contribution in [0.3, 0.4) is 0 Å². The van der Waals surface area contributed by atoms with Crippen LogP contribution in [0.1, 0.15) is 66.0 Å². The van der Waals surface area contributed by atoms with E-state index in [1.807, 2.05) is 38.3 Å². The number of likely N-dealkylation sites (N-methyl/N-ethyl adjacent to an activating group) is 1. The molecule has 1 atom stereocenters. The molecule has 1 saturated heterocycles. The summed E-state index contributed by atoms with van der Waals surface area (Å²) in [6.07, 6.45) is 8.86. The predicted molar refractivity (Wildman–Crippen MR) is 152 cm³/mol. The molecule has 4 heterocycles. The third kappa shape index (κ3) is 5.28. The number of aromatic nitrogens is 3. The molecule has 0 bridgehead atoms. The van der Waals surface area contributed by atoms with E-state index in [0.29, 0.717) is 29.3 Å². The Bertz CT molecular complexity index is 1370. The first-order valence-corrected chi connectivity index (χ1v) is 14.8. The largest absolute Gasteiger partial charge is 0.372 e. The molecule has 2 N–H and O–H groups in total. The smallest absolute Gasteiger partial charge is 0.254 e. The van der Waals surface area contributed by atoms with E-state index in [1.54, 1.807) is 6.20 Å². The van der Waals surface area contributed by atoms with E-state index in [-0.39, 0.29) is 24.1 Å². The molecule has 9 heteroatoms. The number of H-pyrrole nitrogens is 1. The number of amides is 1. The molecule has 5 rings (SSSR count). The molecule has 1 unspecified atom stereocenters. The van der Waals surface area contributed by atoms with Gasteiger partial charge < -0.3 is 24.5 Å². The SMILES string of the molecule is CSc1cc(C)[nH]c(=O)c1CNC(=O)c1c(C)n(C(C)C2CCC(OC3CN(C)C3)CC2)c2ncccc12. The summed E-state index contributed by atoms with van der Waals surface area (Å²) in [5, 5.41) is 3.87. The number of carbonyl (C=O) groups excluding carboxylic acids is 1. The third-order valence-corrected chi connectivity index (χ3v) is 9.14. The number of thioether (sulfide) groups is 1. The number of pyridine rings is 2. The van der Waals surface area contributed by atoms with E-state index in [9.17, 15) is 9.59 Å². The van der Waals surface area contributed by atoms with Gasteiger partial charge in [0.2, 0.25) is 0 Å². The van der Waals surface area contributed by atoms with Gasteiger partial charge in [0.25, 0.3) is 11.5 Å². The predicted octanol–water partition coefficient (Wildman–Crippen LogP) is 4.44. The molecule has 1 saturated carbocycles. The molecule has 2 fully saturated rings. The summed E-state index contributed by atoms with van der Waals surface area (Å²) in [5.41, 5.74) is 3.63. The normalized spacial score (nSPS) is 21.4. The zero-order valence-electron chi connectivity index (χ0n) is 23.0. The minimum Gasteiger partial charge on any atom is -0.372 e. The highest BCUT2D eigenvalue weighted by molar-refractivity contribution is 7.98. The number of likely N-dealkylation sites (tertiary alicyclic amines) is 1. The molecule has 3 aromatic rings. The van der Waals surface area contributed by atoms with E-state index < -0.39 is 0 Å². The van der Waals surface area contributed by atoms with Crippen LogP contribution in [0.2, 0.25) is 0 Å². The Hall–Kier alpha value is -2.62. The summed E-state index contributed by atoms with van der Waals surface area (Å²) in [7, 11) is 2.13. The Morgan fingerprint density at radius 3 is 2.66 bits per heavy atom. The van der Waals surface area contributed by atoms with Crippen molar-refractivity contribution in [3.63, 3.8) is 0 Å². The lowest BCUT2D eigenvalue weighted by Crippen LogP contribution is -2.51. The number of aryl methyl sites for hydroxylation is 1. The number of nitrogens with zero attached hydrogens (tertiary/aromatic N) is 3. The van der Waals surface area contributed by atoms with Gasteiger partial charge in [0.05, 0.1) is 17.8 Å². The minimum atomic E-state index is -0.180. The molecule has 1 amide bonds. The van der Waals surface area contributed by atoms with Gasteiger partial charge in [-0.25, -0.2) is 4.98 Å². The Labute approximate surface area is 228 Å². The second-order valence-electron chi connectivity index (χ2n) is 11.0. The monoisotopic (exact) mass is 537 g/mol. The standard InChI is InChI=1S/C29H39N5O3S/c1-17-13-25(38-5)24(28(35)32-17)14-31-29(36)26-19(3)34(27-23(26)7-6-12-30-27)18(2)20-8-10-21(11-9-20)37-22-15-33(4)16-22/h6-7,12-13,18,20-22H,8-11,14-16H2,1-5H3,(H,31,36)(H,32,35). The van der Waals surface area contributed by atoms with Crippen molar-refractivity contribution >= 4 is 28.7 Å². The molecule has 3 aromatic heterocycles. The molecule has 0 radical (unpaired) electrons. The van der Waals surface area contributed by atoms with Crippen molar-refractivity contribution in [2.45, 2.75) is 76.1 Å². The fourth-order valence-corrected chi connectivity index (χ4v) is 6.96. The second-order valence-corrected chi connectivity index (χ2v) is 11.8. The van der Waals surface area contributed by atoms with Gasteiger partial charge >= 0.3 is 0 Å². The summed E-state index contributed by atoms with van der Waals surface area (Å²) in [6, 6.07) is 6.01. The van der Waals surface area contributed by atoms with Crippen LogP contribution < -0.4 is 10.9 Å². The number of rotatable bonds is 8. The van der Waals surface area contributed by atoms with Crippen LogP contribution in [0.4, 0.5) is 0 Å². The third-order valence-electron chi connectivity index (χ3n) is 8.33. The Balaban J connectivity index is 1.34. The summed E-state index contributed by atoms with van der Waals surface area (Å²) in [5.74, 6) is 0.322. The summed E-state index contributed by atoms with van der Waals surface area (Å²) in [4.78, 5) is 36.9. The second kappa shape index (κ2) is 11.2. The summed E-state index contributed by atoms with van der Waals surface area (Å²) >= 11 is 1.51. The lowest BCUT2D eigenvalue weighted by Gasteiger charge is -2.40. The van der Waals surface area contributed by atoms with Crippen molar-refractivity contribution in [3.05, 3.63) is 57.3 Å². The molecule has 38 heavy (non-hydrogen) atoms. The van der Waals surface area contributed by atoms with Gasteiger partial charge in [-0.1, -0.05) is 0 Å². The van der Waals surface area contributed by atoms with Crippen LogP contribution in [0.25, 0.3) is 11.0 Å². The van der Waals surface area contributed by atoms with Crippen molar-refractivity contribution in [3.8, 4) is 0 Å². The fraction of sp³-hybridized carbons (Fsp3) is 0.552. The number of fused-ring (bicyclic) bond motifs is 1. The maximum atomic E-state index is 13.6. The summed E-state index contributed by atoms with van der Waals surface area (Å²) < 4.78 is 8.57. The maximum absolute atomic E-state index is 13.6. The van der Waals surface area contributed by atoms with E-state index in [0.717, 1.165) is 66.1 Å². The molecular weight excluding hydrogens is 498 g/mol. The molecule has 8 nitrogen and oxygen atoms in total. The number of aromatic amines is 1. The highest BCUT2D eigenvalue weighted by Gasteiger charge is 2.33. The Morgan fingerprint density at radius 2 is 1.97 bits per heavy atom. The number of hydrogen-bond acceptors (Lipinski definition) is 6. The molecule has 2 aliphatic rings. The topological polar surface area (TPSA) is 92.2 Å². The van der Waals surface area contributed by atoms with E-state index in [1.165, 1.54) is 11.8 Å². The highest BCUT2D eigenvalue weighted by atomic mass is 32.2. The zero-order valence-corrected chi connectivity index (χ0v) is 23.9. The number of nitrogens with one attached hydrogen (secondary N) is 2. The number of hydrogen-bond donors (Lipinski definition) is 2. The first kappa shape index (κ1) is 27.0. The zero-order chi connectivity index (χ0) is 27.0. The van der Waals surface area contributed by atoms with Crippen LogP contribution in [-0.2, 0) is 11.3 Å². The first-order valence-electron chi connectivity index (χ1n) is 13.6. The van der Waals surface area contributed by atoms with Gasteiger partial charge in [-0.15, -0.1) is 11.8 Å². The molecule has 204 valence electrons. The van der Waals surface area contributed by atoms with E-state index >= 15 is 0 Å². The molecule has 1 aliphatic carbocycles. The van der Waals surface area contributed by atoms with E-state index in [2.05, 4.69) is 33.7 Å². The van der Waals surface area contributed by atoms with Gasteiger partial charge in [-0.05, 0) is 83.9 Å². The average molecular weight is 538 g/mol. The van der Waals surface area contributed by atoms with Gasteiger partial charge in [0.15, 0.2) is 0 Å². The van der Waals surface area contributed by atoms with Gasteiger partial charge in [0.1, 0.15) is 5.65 Å². The highest BCUT2D eigenvalue weighted by Crippen LogP contribution is 2.38. The van der Waals surface area contributed by atoms with Gasteiger partial charge in [-0.3, -0.25) is 9.59 Å². The molecule has 1 aliphatic heterocycles. The van der Waals surface area contributed by atoms with Crippen LogP contribution in [-0.4, -0.2) is 63.9 Å². The van der Waals surface area contributed by atoms with Crippen molar-refractivity contribution in [1.82, 2.24) is 24.8 Å². The lowest BCUT2D eigenvalue weighted by atomic mass is 9.82. The number of ether oxygens (including phenoxy) is 1. The molecule has 0 spiro atoms.